The molecular formula is C19H16ClN5OS. The van der Waals surface area contributed by atoms with Gasteiger partial charge in [0.2, 0.25) is 5.91 Å². The minimum atomic E-state index is -0.122. The first-order valence-electron chi connectivity index (χ1n) is 8.25. The molecule has 0 radical (unpaired) electrons. The highest BCUT2D eigenvalue weighted by Crippen LogP contribution is 2.22. The van der Waals surface area contributed by atoms with E-state index >= 15 is 0 Å². The summed E-state index contributed by atoms with van der Waals surface area (Å²) in [4.78, 5) is 19.1. The minimum Gasteiger partial charge on any atom is -0.338 e. The number of hydrogen-bond acceptors (Lipinski definition) is 4. The van der Waals surface area contributed by atoms with Gasteiger partial charge in [0.15, 0.2) is 10.1 Å². The summed E-state index contributed by atoms with van der Waals surface area (Å²) in [6.07, 6.45) is 8.77. The molecule has 0 spiro atoms. The Labute approximate surface area is 164 Å². The lowest BCUT2D eigenvalue weighted by Crippen LogP contribution is -2.23. The smallest absolute Gasteiger partial charge is 0.246 e. The number of nitrogens with zero attached hydrogens (tertiary/aromatic N) is 5. The van der Waals surface area contributed by atoms with Gasteiger partial charge in [-0.3, -0.25) is 9.20 Å². The second kappa shape index (κ2) is 7.38. The molecular weight excluding hydrogens is 382 g/mol. The molecule has 0 saturated carbocycles. The van der Waals surface area contributed by atoms with Crippen molar-refractivity contribution in [2.24, 2.45) is 0 Å². The number of rotatable bonds is 5. The van der Waals surface area contributed by atoms with Gasteiger partial charge in [-0.2, -0.15) is 5.10 Å². The molecule has 136 valence electrons. The molecule has 1 amide bonds. The summed E-state index contributed by atoms with van der Waals surface area (Å²) in [5, 5.41) is 6.67. The van der Waals surface area contributed by atoms with E-state index in [-0.39, 0.29) is 5.91 Å². The Hall–Kier alpha value is -2.90. The fraction of sp³-hybridized carbons (Fsp3) is 0.105. The molecule has 0 saturated heterocycles. The van der Waals surface area contributed by atoms with Crippen LogP contribution in [-0.4, -0.2) is 37.0 Å². The summed E-state index contributed by atoms with van der Waals surface area (Å²) in [6.45, 7) is 0.462. The van der Waals surface area contributed by atoms with Crippen LogP contribution in [0.3, 0.4) is 0 Å². The molecule has 4 rings (SSSR count). The zero-order valence-electron chi connectivity index (χ0n) is 14.5. The topological polar surface area (TPSA) is 55.4 Å². The maximum Gasteiger partial charge on any atom is 0.246 e. The van der Waals surface area contributed by atoms with Gasteiger partial charge >= 0.3 is 0 Å². The maximum absolute atomic E-state index is 12.4. The molecule has 3 heterocycles. The number of thiazole rings is 1. The molecule has 27 heavy (non-hydrogen) atoms. The van der Waals surface area contributed by atoms with Gasteiger partial charge in [-0.25, -0.2) is 9.67 Å². The Morgan fingerprint density at radius 2 is 2.15 bits per heavy atom. The average Bonchev–Trinajstić information content (AvgIpc) is 3.37. The van der Waals surface area contributed by atoms with Crippen LogP contribution in [0.2, 0.25) is 5.15 Å². The van der Waals surface area contributed by atoms with E-state index in [0.29, 0.717) is 17.4 Å². The quantitative estimate of drug-likeness (QED) is 0.480. The third kappa shape index (κ3) is 3.65. The molecule has 0 atom stereocenters. The van der Waals surface area contributed by atoms with Gasteiger partial charge in [0.1, 0.15) is 0 Å². The van der Waals surface area contributed by atoms with Gasteiger partial charge in [0.05, 0.1) is 17.6 Å². The van der Waals surface area contributed by atoms with E-state index in [9.17, 15) is 4.79 Å². The lowest BCUT2D eigenvalue weighted by Gasteiger charge is -2.13. The molecule has 0 aliphatic carbocycles. The number of para-hydroxylation sites is 1. The molecule has 0 bridgehead atoms. The molecule has 3 aromatic heterocycles. The van der Waals surface area contributed by atoms with Crippen LogP contribution in [0.15, 0.2) is 60.4 Å². The molecule has 8 heteroatoms. The van der Waals surface area contributed by atoms with Gasteiger partial charge in [-0.05, 0) is 18.2 Å². The molecule has 6 nitrogen and oxygen atoms in total. The predicted molar refractivity (Wildman–Crippen MR) is 107 cm³/mol. The molecule has 4 aromatic rings. The summed E-state index contributed by atoms with van der Waals surface area (Å²) in [5.74, 6) is -0.122. The molecule has 0 fully saturated rings. The van der Waals surface area contributed by atoms with Crippen LogP contribution in [0.25, 0.3) is 16.7 Å². The van der Waals surface area contributed by atoms with Crippen LogP contribution in [-0.2, 0) is 11.3 Å². The van der Waals surface area contributed by atoms with Crippen molar-refractivity contribution in [1.82, 2.24) is 24.1 Å². The van der Waals surface area contributed by atoms with Crippen LogP contribution in [0, 0.1) is 0 Å². The molecule has 0 N–H and O–H groups in total. The number of fused-ring (bicyclic) bond motifs is 1. The Morgan fingerprint density at radius 1 is 1.33 bits per heavy atom. The van der Waals surface area contributed by atoms with Crippen molar-refractivity contribution in [3.05, 3.63) is 76.8 Å². The van der Waals surface area contributed by atoms with Crippen molar-refractivity contribution in [3.8, 4) is 5.69 Å². The summed E-state index contributed by atoms with van der Waals surface area (Å²) in [7, 11) is 1.75. The van der Waals surface area contributed by atoms with Crippen molar-refractivity contribution < 1.29 is 4.79 Å². The van der Waals surface area contributed by atoms with E-state index in [0.717, 1.165) is 16.2 Å². The normalized spacial score (nSPS) is 11.5. The first kappa shape index (κ1) is 17.5. The number of carbonyl (C=O) groups is 1. The minimum absolute atomic E-state index is 0.122. The highest BCUT2D eigenvalue weighted by molar-refractivity contribution is 7.15. The van der Waals surface area contributed by atoms with E-state index in [4.69, 9.17) is 11.6 Å². The monoisotopic (exact) mass is 397 g/mol. The van der Waals surface area contributed by atoms with Gasteiger partial charge in [0, 0.05) is 43.0 Å². The van der Waals surface area contributed by atoms with Crippen LogP contribution >= 0.6 is 22.9 Å². The van der Waals surface area contributed by atoms with Gasteiger partial charge < -0.3 is 4.90 Å². The zero-order valence-corrected chi connectivity index (χ0v) is 16.1. The van der Waals surface area contributed by atoms with E-state index < -0.39 is 0 Å². The Bertz CT molecular complexity index is 1110. The van der Waals surface area contributed by atoms with E-state index in [1.54, 1.807) is 28.9 Å². The van der Waals surface area contributed by atoms with Crippen LogP contribution in [0.5, 0.6) is 0 Å². The van der Waals surface area contributed by atoms with Gasteiger partial charge in [-0.1, -0.05) is 29.8 Å². The van der Waals surface area contributed by atoms with E-state index in [1.165, 1.54) is 17.4 Å². The van der Waals surface area contributed by atoms with Crippen molar-refractivity contribution >= 4 is 39.9 Å². The predicted octanol–water partition coefficient (Wildman–Crippen LogP) is 3.91. The number of hydrogen-bond donors (Lipinski definition) is 0. The lowest BCUT2D eigenvalue weighted by molar-refractivity contribution is -0.125. The van der Waals surface area contributed by atoms with E-state index in [1.807, 2.05) is 52.5 Å². The van der Waals surface area contributed by atoms with Gasteiger partial charge in [-0.15, -0.1) is 11.3 Å². The Morgan fingerprint density at radius 3 is 2.96 bits per heavy atom. The van der Waals surface area contributed by atoms with Crippen LogP contribution in [0.4, 0.5) is 0 Å². The second-order valence-electron chi connectivity index (χ2n) is 6.00. The maximum atomic E-state index is 12.4. The number of benzene rings is 1. The summed E-state index contributed by atoms with van der Waals surface area (Å²) in [6, 6.07) is 9.85. The summed E-state index contributed by atoms with van der Waals surface area (Å²) < 4.78 is 3.66. The third-order valence-corrected chi connectivity index (χ3v) is 5.13. The second-order valence-corrected chi connectivity index (χ2v) is 7.23. The number of aromatic nitrogens is 4. The highest BCUT2D eigenvalue weighted by Gasteiger charge is 2.11. The van der Waals surface area contributed by atoms with Crippen LogP contribution in [0.1, 0.15) is 11.3 Å². The molecule has 1 aromatic carbocycles. The molecule has 0 aliphatic heterocycles. The first-order chi connectivity index (χ1) is 13.1. The van der Waals surface area contributed by atoms with Gasteiger partial charge in [0.25, 0.3) is 0 Å². The van der Waals surface area contributed by atoms with Crippen molar-refractivity contribution in [2.45, 2.75) is 6.54 Å². The SMILES string of the molecule is CN(Cc1cnn(-c2ccccc2)c1)C(=O)/C=C/c1c(Cl)nc2sccn12. The number of imidazole rings is 1. The number of likely N-dealkylation sites (N-methyl/N-ethyl adjacent to an activating group) is 1. The standard InChI is InChI=1S/C19H16ClN5OS/c1-23(12-14-11-21-25(13-14)15-5-3-2-4-6-15)17(26)8-7-16-18(20)22-19-24(16)9-10-27-19/h2-11,13H,12H2,1H3/b8-7+. The highest BCUT2D eigenvalue weighted by atomic mass is 35.5. The van der Waals surface area contributed by atoms with E-state index in [2.05, 4.69) is 10.1 Å². The lowest BCUT2D eigenvalue weighted by atomic mass is 10.3. The fourth-order valence-electron chi connectivity index (χ4n) is 2.72. The number of amides is 1. The van der Waals surface area contributed by atoms with Crippen LogP contribution < -0.4 is 0 Å². The number of carbonyl (C=O) groups excluding carboxylic acids is 1. The first-order valence-corrected chi connectivity index (χ1v) is 9.51. The molecule has 0 unspecified atom stereocenters. The van der Waals surface area contributed by atoms with Crippen molar-refractivity contribution in [3.63, 3.8) is 0 Å². The zero-order chi connectivity index (χ0) is 18.8. The summed E-state index contributed by atoms with van der Waals surface area (Å²) in [5.41, 5.74) is 2.63. The third-order valence-electron chi connectivity index (χ3n) is 4.09. The van der Waals surface area contributed by atoms with Crippen molar-refractivity contribution in [2.75, 3.05) is 7.05 Å². The average molecular weight is 398 g/mol. The number of halogens is 1. The van der Waals surface area contributed by atoms with Crippen molar-refractivity contribution in [1.29, 1.82) is 0 Å². The fourth-order valence-corrected chi connectivity index (χ4v) is 3.72. The molecule has 0 aliphatic rings. The Balaban J connectivity index is 1.45. The largest absolute Gasteiger partial charge is 0.338 e. The Kier molecular flexibility index (Phi) is 4.79. The summed E-state index contributed by atoms with van der Waals surface area (Å²) >= 11 is 7.64.